The van der Waals surface area contributed by atoms with E-state index < -0.39 is 11.8 Å². The van der Waals surface area contributed by atoms with E-state index in [1.807, 2.05) is 32.3 Å². The van der Waals surface area contributed by atoms with E-state index in [1.165, 1.54) is 6.07 Å². The fourth-order valence-electron chi connectivity index (χ4n) is 5.47. The number of hydrogen-bond donors (Lipinski definition) is 2. The Morgan fingerprint density at radius 1 is 1.05 bits per heavy atom. The Morgan fingerprint density at radius 2 is 1.79 bits per heavy atom. The molecule has 200 valence electrons. The molecule has 7 nitrogen and oxygen atoms in total. The van der Waals surface area contributed by atoms with E-state index in [1.54, 1.807) is 12.1 Å². The van der Waals surface area contributed by atoms with E-state index in [0.29, 0.717) is 36.2 Å². The van der Waals surface area contributed by atoms with Crippen molar-refractivity contribution in [3.63, 3.8) is 0 Å². The molecule has 3 heterocycles. The Bertz CT molecular complexity index is 1380. The van der Waals surface area contributed by atoms with Gasteiger partial charge in [0.1, 0.15) is 11.6 Å². The molecule has 1 saturated heterocycles. The van der Waals surface area contributed by atoms with Crippen LogP contribution in [-0.4, -0.2) is 61.7 Å². The highest BCUT2D eigenvalue weighted by Crippen LogP contribution is 2.37. The van der Waals surface area contributed by atoms with Gasteiger partial charge in [0.25, 0.3) is 5.91 Å². The number of fused-ring (bicyclic) bond motifs is 1. The molecule has 9 heteroatoms. The Balaban J connectivity index is 1.58. The van der Waals surface area contributed by atoms with Gasteiger partial charge in [0.2, 0.25) is 5.95 Å². The molecule has 0 bridgehead atoms. The number of anilines is 2. The van der Waals surface area contributed by atoms with Crippen LogP contribution in [0, 0.1) is 11.8 Å². The summed E-state index contributed by atoms with van der Waals surface area (Å²) < 4.78 is 36.3. The number of morpholine rings is 1. The molecule has 2 aliphatic rings. The first-order chi connectivity index (χ1) is 18.1. The predicted molar refractivity (Wildman–Crippen MR) is 145 cm³/mol. The summed E-state index contributed by atoms with van der Waals surface area (Å²) in [5, 5.41) is 2.72. The number of ether oxygens (including phenoxy) is 1. The summed E-state index contributed by atoms with van der Waals surface area (Å²) in [7, 11) is 3.98. The third-order valence-electron chi connectivity index (χ3n) is 7.05. The number of amides is 1. The fraction of sp³-hybridized carbons (Fsp3) is 0.379. The number of halogens is 2. The molecule has 0 radical (unpaired) electrons. The highest BCUT2D eigenvalue weighted by atomic mass is 19.1. The lowest BCUT2D eigenvalue weighted by atomic mass is 9.93. The van der Waals surface area contributed by atoms with Gasteiger partial charge in [-0.3, -0.25) is 4.79 Å². The highest BCUT2D eigenvalue weighted by molar-refractivity contribution is 5.97. The number of nitrogens with one attached hydrogen (secondary N) is 1. The third-order valence-corrected chi connectivity index (χ3v) is 7.05. The Kier molecular flexibility index (Phi) is 7.07. The molecular weight excluding hydrogens is 488 g/mol. The van der Waals surface area contributed by atoms with E-state index in [4.69, 9.17) is 10.5 Å². The van der Waals surface area contributed by atoms with Gasteiger partial charge in [0.05, 0.1) is 12.2 Å². The van der Waals surface area contributed by atoms with Crippen LogP contribution in [0.25, 0.3) is 22.3 Å². The summed E-state index contributed by atoms with van der Waals surface area (Å²) in [4.78, 5) is 20.5. The van der Waals surface area contributed by atoms with Crippen molar-refractivity contribution >= 4 is 17.4 Å². The van der Waals surface area contributed by atoms with Crippen molar-refractivity contribution in [3.05, 3.63) is 64.9 Å². The van der Waals surface area contributed by atoms with Gasteiger partial charge in [-0.25, -0.2) is 9.37 Å². The lowest BCUT2D eigenvalue weighted by molar-refractivity contribution is -0.00528. The normalized spacial score (nSPS) is 19.4. The van der Waals surface area contributed by atoms with E-state index in [9.17, 15) is 4.79 Å². The van der Waals surface area contributed by atoms with Gasteiger partial charge in [-0.2, -0.15) is 4.39 Å². The number of nitrogens with zero attached hydrogens (tertiary/aromatic N) is 3. The molecule has 3 N–H and O–H groups in total. The average molecular weight is 522 g/mol. The number of benzene rings is 2. The van der Waals surface area contributed by atoms with Gasteiger partial charge in [0.15, 0.2) is 0 Å². The topological polar surface area (TPSA) is 83.7 Å². The largest absolute Gasteiger partial charge is 0.383 e. The zero-order chi connectivity index (χ0) is 27.1. The van der Waals surface area contributed by atoms with E-state index in [2.05, 4.69) is 33.9 Å². The molecule has 0 spiro atoms. The SMILES string of the molecule is C[C@@H]1CN(c2ccc(-c3cc(-c4cc5c(cc4F)C(=O)NCC5)c(N)nc3F)cc2CN(C)C)C[C@H](C)O1. The van der Waals surface area contributed by atoms with E-state index >= 15 is 8.78 Å². The number of rotatable bonds is 5. The van der Waals surface area contributed by atoms with Crippen molar-refractivity contribution in [1.29, 1.82) is 0 Å². The van der Waals surface area contributed by atoms with Gasteiger partial charge in [-0.05, 0) is 81.4 Å². The first-order valence-electron chi connectivity index (χ1n) is 12.9. The zero-order valence-corrected chi connectivity index (χ0v) is 22.1. The van der Waals surface area contributed by atoms with Crippen molar-refractivity contribution < 1.29 is 18.3 Å². The molecule has 5 rings (SSSR count). The van der Waals surface area contributed by atoms with Crippen molar-refractivity contribution in [3.8, 4) is 22.3 Å². The monoisotopic (exact) mass is 521 g/mol. The lowest BCUT2D eigenvalue weighted by Crippen LogP contribution is -2.46. The van der Waals surface area contributed by atoms with Crippen LogP contribution in [0.2, 0.25) is 0 Å². The molecule has 0 unspecified atom stereocenters. The van der Waals surface area contributed by atoms with Crippen LogP contribution in [0.5, 0.6) is 0 Å². The number of hydrogen-bond acceptors (Lipinski definition) is 6. The minimum atomic E-state index is -0.721. The number of carbonyl (C=O) groups is 1. The quantitative estimate of drug-likeness (QED) is 0.489. The molecule has 2 aliphatic heterocycles. The van der Waals surface area contributed by atoms with Crippen LogP contribution in [0.1, 0.15) is 35.3 Å². The second kappa shape index (κ2) is 10.3. The number of aromatic nitrogens is 1. The second-order valence-corrected chi connectivity index (χ2v) is 10.5. The van der Waals surface area contributed by atoms with Crippen LogP contribution in [0.4, 0.5) is 20.3 Å². The first kappa shape index (κ1) is 26.1. The van der Waals surface area contributed by atoms with E-state index in [0.717, 1.165) is 29.9 Å². The van der Waals surface area contributed by atoms with Gasteiger partial charge in [-0.15, -0.1) is 0 Å². The van der Waals surface area contributed by atoms with Crippen LogP contribution in [0.15, 0.2) is 36.4 Å². The van der Waals surface area contributed by atoms with Crippen LogP contribution < -0.4 is 16.0 Å². The zero-order valence-electron chi connectivity index (χ0n) is 22.1. The number of nitrogens with two attached hydrogens (primary N) is 1. The minimum Gasteiger partial charge on any atom is -0.383 e. The molecule has 3 aromatic rings. The molecule has 2 aromatic carbocycles. The van der Waals surface area contributed by atoms with Gasteiger partial charge in [-0.1, -0.05) is 6.07 Å². The Morgan fingerprint density at radius 3 is 2.50 bits per heavy atom. The lowest BCUT2D eigenvalue weighted by Gasteiger charge is -2.38. The standard InChI is InChI=1S/C29H33F2N5O2/c1-16-13-36(14-17(2)38-16)26-6-5-18(9-20(26)15-35(3)4)21-11-24(28(32)34-27(21)31)23-10-19-7-8-33-29(37)22(19)12-25(23)30/h5-6,9-12,16-17H,7-8,13-15H2,1-4H3,(H2,32,34)(H,33,37)/t16-,17+. The first-order valence-corrected chi connectivity index (χ1v) is 12.9. The summed E-state index contributed by atoms with van der Waals surface area (Å²) in [5.74, 6) is -1.74. The van der Waals surface area contributed by atoms with Crippen molar-refractivity contribution in [2.24, 2.45) is 0 Å². The minimum absolute atomic E-state index is 0.101. The van der Waals surface area contributed by atoms with Crippen LogP contribution >= 0.6 is 0 Å². The van der Waals surface area contributed by atoms with Crippen LogP contribution in [0.3, 0.4) is 0 Å². The summed E-state index contributed by atoms with van der Waals surface area (Å²) in [6, 6.07) is 10.2. The molecule has 0 saturated carbocycles. The Labute approximate surface area is 221 Å². The van der Waals surface area contributed by atoms with Gasteiger partial charge >= 0.3 is 0 Å². The average Bonchev–Trinajstić information content (AvgIpc) is 2.84. The highest BCUT2D eigenvalue weighted by Gasteiger charge is 2.26. The summed E-state index contributed by atoms with van der Waals surface area (Å²) in [6.45, 7) is 6.78. The van der Waals surface area contributed by atoms with Crippen LogP contribution in [-0.2, 0) is 17.7 Å². The van der Waals surface area contributed by atoms with Crippen molar-refractivity contribution in [2.75, 3.05) is 44.4 Å². The van der Waals surface area contributed by atoms with E-state index in [-0.39, 0.29) is 35.1 Å². The number of pyridine rings is 1. The number of nitrogen functional groups attached to an aromatic ring is 1. The van der Waals surface area contributed by atoms with Gasteiger partial charge < -0.3 is 25.6 Å². The molecule has 2 atom stereocenters. The second-order valence-electron chi connectivity index (χ2n) is 10.5. The van der Waals surface area contributed by atoms with Crippen molar-refractivity contribution in [1.82, 2.24) is 15.2 Å². The fourth-order valence-corrected chi connectivity index (χ4v) is 5.47. The maximum atomic E-state index is 15.2. The predicted octanol–water partition coefficient (Wildman–Crippen LogP) is 4.24. The molecule has 0 aliphatic carbocycles. The summed E-state index contributed by atoms with van der Waals surface area (Å²) >= 11 is 0. The van der Waals surface area contributed by atoms with Crippen molar-refractivity contribution in [2.45, 2.75) is 39.0 Å². The summed E-state index contributed by atoms with van der Waals surface area (Å²) in [6.07, 6.45) is 0.776. The molecule has 38 heavy (non-hydrogen) atoms. The smallest absolute Gasteiger partial charge is 0.251 e. The third kappa shape index (κ3) is 5.08. The molecule has 1 aromatic heterocycles. The maximum absolute atomic E-state index is 15.2. The molecular formula is C29H33F2N5O2. The molecule has 1 amide bonds. The number of carbonyl (C=O) groups excluding carboxylic acids is 1. The summed E-state index contributed by atoms with van der Waals surface area (Å²) in [5.41, 5.74) is 10.6. The van der Waals surface area contributed by atoms with Gasteiger partial charge in [0, 0.05) is 54.1 Å². The molecule has 1 fully saturated rings. The maximum Gasteiger partial charge on any atom is 0.251 e. The Hall–Kier alpha value is -3.56.